The average Bonchev–Trinajstić information content (AvgIpc) is 2.06. The third kappa shape index (κ3) is 2.12. The summed E-state index contributed by atoms with van der Waals surface area (Å²) in [5.41, 5.74) is 0.749. The predicted octanol–water partition coefficient (Wildman–Crippen LogP) is 2.37. The van der Waals surface area contributed by atoms with E-state index >= 15 is 0 Å². The number of hydrogen-bond donors (Lipinski definition) is 0. The Bertz CT molecular complexity index is 254. The summed E-state index contributed by atoms with van der Waals surface area (Å²) >= 11 is 0. The minimum absolute atomic E-state index is 0.00958. The summed E-state index contributed by atoms with van der Waals surface area (Å²) in [6.45, 7) is 0. The molecule has 0 radical (unpaired) electrons. The van der Waals surface area contributed by atoms with Gasteiger partial charge in [0.15, 0.2) is 0 Å². The van der Waals surface area contributed by atoms with Gasteiger partial charge in [-0.1, -0.05) is 24.3 Å². The lowest BCUT2D eigenvalue weighted by Gasteiger charge is -1.99. The van der Waals surface area contributed by atoms with E-state index in [1.165, 1.54) is 24.3 Å². The van der Waals surface area contributed by atoms with Gasteiger partial charge in [0.2, 0.25) is 0 Å². The Morgan fingerprint density at radius 1 is 1.25 bits per heavy atom. The van der Waals surface area contributed by atoms with Crippen LogP contribution in [0.2, 0.25) is 0 Å². The zero-order valence-electron chi connectivity index (χ0n) is 6.34. The molecule has 0 aromatic heterocycles. The number of halogens is 2. The molecule has 1 aromatic rings. The molecular formula is C9H8F2O. The van der Waals surface area contributed by atoms with E-state index in [1.54, 1.807) is 0 Å². The predicted molar refractivity (Wildman–Crippen MR) is 41.2 cm³/mol. The Morgan fingerprint density at radius 3 is 2.25 bits per heavy atom. The standard InChI is InChI=1S/C9H8F2O/c10-9(11)8-3-1-7(2-4-8)5-6-12/h1-4,6,9H,5H2. The molecule has 0 aliphatic rings. The van der Waals surface area contributed by atoms with Crippen molar-refractivity contribution in [2.24, 2.45) is 0 Å². The molecule has 12 heavy (non-hydrogen) atoms. The summed E-state index contributed by atoms with van der Waals surface area (Å²) in [6.07, 6.45) is -1.41. The molecule has 0 heterocycles. The molecule has 0 aliphatic heterocycles. The third-order valence-electron chi connectivity index (χ3n) is 1.55. The van der Waals surface area contributed by atoms with Crippen LogP contribution in [0.25, 0.3) is 0 Å². The number of carbonyl (C=O) groups is 1. The monoisotopic (exact) mass is 170 g/mol. The van der Waals surface area contributed by atoms with Crippen LogP contribution in [0.5, 0.6) is 0 Å². The molecule has 0 amide bonds. The highest BCUT2D eigenvalue weighted by atomic mass is 19.3. The molecule has 0 saturated heterocycles. The van der Waals surface area contributed by atoms with E-state index in [0.717, 1.165) is 11.8 Å². The summed E-state index contributed by atoms with van der Waals surface area (Å²) in [6, 6.07) is 5.75. The molecule has 0 N–H and O–H groups in total. The van der Waals surface area contributed by atoms with Gasteiger partial charge in [-0.3, -0.25) is 0 Å². The first-order valence-electron chi connectivity index (χ1n) is 3.54. The quantitative estimate of drug-likeness (QED) is 0.636. The van der Waals surface area contributed by atoms with Gasteiger partial charge in [0, 0.05) is 12.0 Å². The molecule has 1 nitrogen and oxygen atoms in total. The van der Waals surface area contributed by atoms with Crippen molar-refractivity contribution in [3.63, 3.8) is 0 Å². The van der Waals surface area contributed by atoms with Crippen molar-refractivity contribution in [1.82, 2.24) is 0 Å². The minimum atomic E-state index is -2.43. The molecular weight excluding hydrogens is 162 g/mol. The van der Waals surface area contributed by atoms with Crippen molar-refractivity contribution >= 4 is 6.29 Å². The molecule has 3 heteroatoms. The number of rotatable bonds is 3. The topological polar surface area (TPSA) is 17.1 Å². The lowest BCUT2D eigenvalue weighted by Crippen LogP contribution is -1.88. The van der Waals surface area contributed by atoms with Gasteiger partial charge in [-0.25, -0.2) is 8.78 Å². The van der Waals surface area contributed by atoms with E-state index in [0.29, 0.717) is 0 Å². The van der Waals surface area contributed by atoms with Crippen molar-refractivity contribution in [3.05, 3.63) is 35.4 Å². The SMILES string of the molecule is O=CCc1ccc(C(F)F)cc1. The second kappa shape index (κ2) is 3.95. The van der Waals surface area contributed by atoms with Gasteiger partial charge in [-0.15, -0.1) is 0 Å². The maximum absolute atomic E-state index is 12.0. The fourth-order valence-electron chi connectivity index (χ4n) is 0.895. The van der Waals surface area contributed by atoms with E-state index in [1.807, 2.05) is 0 Å². The van der Waals surface area contributed by atoms with E-state index in [9.17, 15) is 13.6 Å². The van der Waals surface area contributed by atoms with E-state index < -0.39 is 6.43 Å². The minimum Gasteiger partial charge on any atom is -0.303 e. The normalized spacial score (nSPS) is 10.2. The highest BCUT2D eigenvalue weighted by Crippen LogP contribution is 2.18. The van der Waals surface area contributed by atoms with Gasteiger partial charge < -0.3 is 4.79 Å². The van der Waals surface area contributed by atoms with E-state index in [4.69, 9.17) is 0 Å². The highest BCUT2D eigenvalue weighted by Gasteiger charge is 2.04. The molecule has 1 aromatic carbocycles. The largest absolute Gasteiger partial charge is 0.303 e. The molecule has 0 fully saturated rings. The van der Waals surface area contributed by atoms with Crippen molar-refractivity contribution in [3.8, 4) is 0 Å². The Hall–Kier alpha value is -1.25. The van der Waals surface area contributed by atoms with Gasteiger partial charge in [-0.05, 0) is 5.56 Å². The number of benzene rings is 1. The van der Waals surface area contributed by atoms with Crippen LogP contribution in [0.3, 0.4) is 0 Å². The van der Waals surface area contributed by atoms with Gasteiger partial charge in [0.05, 0.1) is 0 Å². The zero-order valence-corrected chi connectivity index (χ0v) is 6.34. The van der Waals surface area contributed by atoms with Crippen LogP contribution in [0.15, 0.2) is 24.3 Å². The van der Waals surface area contributed by atoms with E-state index in [-0.39, 0.29) is 12.0 Å². The fourth-order valence-corrected chi connectivity index (χ4v) is 0.895. The molecule has 0 aliphatic carbocycles. The summed E-state index contributed by atoms with van der Waals surface area (Å²) in [4.78, 5) is 10.0. The molecule has 1 rings (SSSR count). The van der Waals surface area contributed by atoms with Crippen molar-refractivity contribution in [2.75, 3.05) is 0 Å². The van der Waals surface area contributed by atoms with Crippen LogP contribution in [0.4, 0.5) is 8.78 Å². The first-order valence-corrected chi connectivity index (χ1v) is 3.54. The Labute approximate surface area is 69.0 Å². The van der Waals surface area contributed by atoms with Crippen molar-refractivity contribution in [2.45, 2.75) is 12.8 Å². The van der Waals surface area contributed by atoms with Crippen LogP contribution in [0, 0.1) is 0 Å². The average molecular weight is 170 g/mol. The molecule has 0 saturated carbocycles. The Balaban J connectivity index is 2.78. The number of carbonyl (C=O) groups excluding carboxylic acids is 1. The molecule has 0 bridgehead atoms. The van der Waals surface area contributed by atoms with E-state index in [2.05, 4.69) is 0 Å². The summed E-state index contributed by atoms with van der Waals surface area (Å²) in [5.74, 6) is 0. The second-order valence-corrected chi connectivity index (χ2v) is 2.41. The lowest BCUT2D eigenvalue weighted by molar-refractivity contribution is -0.107. The molecule has 0 atom stereocenters. The van der Waals surface area contributed by atoms with Gasteiger partial charge >= 0.3 is 0 Å². The third-order valence-corrected chi connectivity index (χ3v) is 1.55. The number of alkyl halides is 2. The van der Waals surface area contributed by atoms with Crippen LogP contribution < -0.4 is 0 Å². The zero-order chi connectivity index (χ0) is 8.97. The van der Waals surface area contributed by atoms with Crippen LogP contribution in [-0.4, -0.2) is 6.29 Å². The second-order valence-electron chi connectivity index (χ2n) is 2.41. The first kappa shape index (κ1) is 8.84. The number of aldehydes is 1. The van der Waals surface area contributed by atoms with Crippen molar-refractivity contribution < 1.29 is 13.6 Å². The fraction of sp³-hybridized carbons (Fsp3) is 0.222. The maximum Gasteiger partial charge on any atom is 0.263 e. The van der Waals surface area contributed by atoms with Gasteiger partial charge in [0.25, 0.3) is 6.43 Å². The van der Waals surface area contributed by atoms with Crippen LogP contribution in [-0.2, 0) is 11.2 Å². The summed E-state index contributed by atoms with van der Waals surface area (Å²) in [7, 11) is 0. The van der Waals surface area contributed by atoms with Crippen molar-refractivity contribution in [1.29, 1.82) is 0 Å². The smallest absolute Gasteiger partial charge is 0.263 e. The molecule has 0 spiro atoms. The maximum atomic E-state index is 12.0. The van der Waals surface area contributed by atoms with Gasteiger partial charge in [-0.2, -0.15) is 0 Å². The molecule has 0 unspecified atom stereocenters. The lowest BCUT2D eigenvalue weighted by atomic mass is 10.1. The Kier molecular flexibility index (Phi) is 2.91. The summed E-state index contributed by atoms with van der Waals surface area (Å²) < 4.78 is 24.0. The van der Waals surface area contributed by atoms with Gasteiger partial charge in [0.1, 0.15) is 6.29 Å². The Morgan fingerprint density at radius 2 is 1.83 bits per heavy atom. The number of hydrogen-bond acceptors (Lipinski definition) is 1. The van der Waals surface area contributed by atoms with Crippen LogP contribution in [0.1, 0.15) is 17.6 Å². The van der Waals surface area contributed by atoms with Crippen LogP contribution >= 0.6 is 0 Å². The summed E-state index contributed by atoms with van der Waals surface area (Å²) in [5, 5.41) is 0. The first-order chi connectivity index (χ1) is 5.74. The highest BCUT2D eigenvalue weighted by molar-refractivity contribution is 5.54. The molecule has 64 valence electrons.